The topological polar surface area (TPSA) is 41.1 Å². The molecule has 1 aliphatic rings. The Bertz CT molecular complexity index is 436. The number of carbonyl (C=O) groups is 1. The van der Waals surface area contributed by atoms with E-state index in [0.717, 1.165) is 36.8 Å². The van der Waals surface area contributed by atoms with Crippen molar-refractivity contribution in [2.45, 2.75) is 30.6 Å². The molecule has 6 heteroatoms. The molecule has 1 aromatic rings. The van der Waals surface area contributed by atoms with Gasteiger partial charge >= 0.3 is 0 Å². The standard InChI is InChI=1S/C16H23ClN2OS.ClH/c17-14-5-7-15(8-6-14)21-10-2-4-16(20)19-12-13-3-1-9-18-11-13;/h5-8,13,18H,1-4,9-12H2,(H,19,20);1H. The molecule has 0 bridgehead atoms. The first-order valence-electron chi connectivity index (χ1n) is 7.60. The molecule has 2 N–H and O–H groups in total. The molecule has 1 unspecified atom stereocenters. The third-order valence-corrected chi connectivity index (χ3v) is 4.97. The molecule has 0 spiro atoms. The largest absolute Gasteiger partial charge is 0.356 e. The lowest BCUT2D eigenvalue weighted by molar-refractivity contribution is -0.121. The molecule has 1 heterocycles. The maximum absolute atomic E-state index is 11.8. The number of hydrogen-bond donors (Lipinski definition) is 2. The number of piperidine rings is 1. The number of carbonyl (C=O) groups excluding carboxylic acids is 1. The summed E-state index contributed by atoms with van der Waals surface area (Å²) in [4.78, 5) is 13.0. The number of halogens is 2. The smallest absolute Gasteiger partial charge is 0.220 e. The number of benzene rings is 1. The van der Waals surface area contributed by atoms with Gasteiger partial charge in [0.1, 0.15) is 0 Å². The average Bonchev–Trinajstić information content (AvgIpc) is 2.52. The van der Waals surface area contributed by atoms with E-state index in [1.165, 1.54) is 17.7 Å². The molecule has 0 saturated carbocycles. The number of amides is 1. The molecule has 22 heavy (non-hydrogen) atoms. The van der Waals surface area contributed by atoms with Crippen molar-refractivity contribution in [2.75, 3.05) is 25.4 Å². The van der Waals surface area contributed by atoms with Crippen LogP contribution in [0.1, 0.15) is 25.7 Å². The summed E-state index contributed by atoms with van der Waals surface area (Å²) in [5, 5.41) is 7.18. The van der Waals surface area contributed by atoms with Crippen LogP contribution in [0, 0.1) is 5.92 Å². The highest BCUT2D eigenvalue weighted by molar-refractivity contribution is 7.99. The highest BCUT2D eigenvalue weighted by atomic mass is 35.5. The number of hydrogen-bond acceptors (Lipinski definition) is 3. The molecule has 0 aromatic heterocycles. The maximum Gasteiger partial charge on any atom is 0.220 e. The molecular formula is C16H24Cl2N2OS. The predicted octanol–water partition coefficient (Wildman–Crippen LogP) is 3.75. The van der Waals surface area contributed by atoms with Crippen LogP contribution >= 0.6 is 35.8 Å². The van der Waals surface area contributed by atoms with Crippen molar-refractivity contribution < 1.29 is 4.79 Å². The summed E-state index contributed by atoms with van der Waals surface area (Å²) in [7, 11) is 0. The van der Waals surface area contributed by atoms with Crippen LogP contribution in [-0.2, 0) is 4.79 Å². The summed E-state index contributed by atoms with van der Waals surface area (Å²) < 4.78 is 0. The minimum Gasteiger partial charge on any atom is -0.356 e. The molecule has 1 saturated heterocycles. The Morgan fingerprint density at radius 2 is 2.14 bits per heavy atom. The zero-order chi connectivity index (χ0) is 14.9. The summed E-state index contributed by atoms with van der Waals surface area (Å²) in [5.41, 5.74) is 0. The van der Waals surface area contributed by atoms with Gasteiger partial charge in [-0.15, -0.1) is 24.2 Å². The van der Waals surface area contributed by atoms with Crippen LogP contribution in [0.4, 0.5) is 0 Å². The van der Waals surface area contributed by atoms with Gasteiger partial charge in [0.2, 0.25) is 5.91 Å². The second-order valence-corrected chi connectivity index (χ2v) is 7.03. The molecule has 1 atom stereocenters. The molecule has 2 rings (SSSR count). The summed E-state index contributed by atoms with van der Waals surface area (Å²) in [5.74, 6) is 1.74. The van der Waals surface area contributed by atoms with Crippen LogP contribution in [-0.4, -0.2) is 31.3 Å². The maximum atomic E-state index is 11.8. The normalized spacial score (nSPS) is 17.6. The lowest BCUT2D eigenvalue weighted by atomic mass is 10.00. The number of nitrogens with one attached hydrogen (secondary N) is 2. The van der Waals surface area contributed by atoms with E-state index in [1.54, 1.807) is 11.8 Å². The second kappa shape index (κ2) is 11.2. The van der Waals surface area contributed by atoms with E-state index < -0.39 is 0 Å². The van der Waals surface area contributed by atoms with Gasteiger partial charge in [-0.3, -0.25) is 4.79 Å². The first-order valence-corrected chi connectivity index (χ1v) is 8.96. The Hall–Kier alpha value is -0.420. The van der Waals surface area contributed by atoms with Crippen LogP contribution in [0.3, 0.4) is 0 Å². The Labute approximate surface area is 148 Å². The Kier molecular flexibility index (Phi) is 9.96. The van der Waals surface area contributed by atoms with E-state index in [9.17, 15) is 4.79 Å². The third kappa shape index (κ3) is 7.73. The van der Waals surface area contributed by atoms with Gasteiger partial charge in [0.05, 0.1) is 0 Å². The van der Waals surface area contributed by atoms with Crippen LogP contribution in [0.2, 0.25) is 5.02 Å². The zero-order valence-corrected chi connectivity index (χ0v) is 15.0. The molecule has 1 aromatic carbocycles. The number of rotatable bonds is 7. The molecule has 1 amide bonds. The SMILES string of the molecule is Cl.O=C(CCCSc1ccc(Cl)cc1)NCC1CCCNC1. The number of thioether (sulfide) groups is 1. The fourth-order valence-corrected chi connectivity index (χ4v) is 3.38. The lowest BCUT2D eigenvalue weighted by Gasteiger charge is -2.22. The quantitative estimate of drug-likeness (QED) is 0.573. The summed E-state index contributed by atoms with van der Waals surface area (Å²) in [6.07, 6.45) is 3.96. The summed E-state index contributed by atoms with van der Waals surface area (Å²) >= 11 is 7.62. The predicted molar refractivity (Wildman–Crippen MR) is 97.3 cm³/mol. The van der Waals surface area contributed by atoms with Gasteiger partial charge < -0.3 is 10.6 Å². The van der Waals surface area contributed by atoms with Gasteiger partial charge in [0.15, 0.2) is 0 Å². The van der Waals surface area contributed by atoms with Crippen molar-refractivity contribution in [1.82, 2.24) is 10.6 Å². The van der Waals surface area contributed by atoms with Gasteiger partial charge in [0, 0.05) is 22.9 Å². The van der Waals surface area contributed by atoms with Crippen LogP contribution in [0.15, 0.2) is 29.2 Å². The van der Waals surface area contributed by atoms with E-state index >= 15 is 0 Å². The van der Waals surface area contributed by atoms with Crippen LogP contribution < -0.4 is 10.6 Å². The van der Waals surface area contributed by atoms with E-state index in [0.29, 0.717) is 12.3 Å². The molecule has 124 valence electrons. The van der Waals surface area contributed by atoms with Crippen molar-refractivity contribution in [3.05, 3.63) is 29.3 Å². The third-order valence-electron chi connectivity index (χ3n) is 3.62. The van der Waals surface area contributed by atoms with Gasteiger partial charge in [-0.25, -0.2) is 0 Å². The van der Waals surface area contributed by atoms with Gasteiger partial charge in [0.25, 0.3) is 0 Å². The van der Waals surface area contributed by atoms with E-state index in [4.69, 9.17) is 11.6 Å². The van der Waals surface area contributed by atoms with E-state index in [-0.39, 0.29) is 18.3 Å². The Morgan fingerprint density at radius 3 is 2.82 bits per heavy atom. The molecule has 1 aliphatic heterocycles. The average molecular weight is 363 g/mol. The minimum atomic E-state index is 0. The highest BCUT2D eigenvalue weighted by Gasteiger charge is 2.13. The first kappa shape index (κ1) is 19.6. The van der Waals surface area contributed by atoms with Crippen molar-refractivity contribution in [3.63, 3.8) is 0 Å². The zero-order valence-electron chi connectivity index (χ0n) is 12.6. The summed E-state index contributed by atoms with van der Waals surface area (Å²) in [6, 6.07) is 7.83. The van der Waals surface area contributed by atoms with Crippen molar-refractivity contribution in [2.24, 2.45) is 5.92 Å². The second-order valence-electron chi connectivity index (χ2n) is 5.42. The Balaban J connectivity index is 0.00000242. The molecule has 1 fully saturated rings. The van der Waals surface area contributed by atoms with E-state index in [2.05, 4.69) is 10.6 Å². The lowest BCUT2D eigenvalue weighted by Crippen LogP contribution is -2.38. The van der Waals surface area contributed by atoms with Crippen molar-refractivity contribution in [3.8, 4) is 0 Å². The minimum absolute atomic E-state index is 0. The van der Waals surface area contributed by atoms with Gasteiger partial charge in [-0.2, -0.15) is 0 Å². The Morgan fingerprint density at radius 1 is 1.36 bits per heavy atom. The van der Waals surface area contributed by atoms with Crippen LogP contribution in [0.25, 0.3) is 0 Å². The molecule has 0 radical (unpaired) electrons. The monoisotopic (exact) mass is 362 g/mol. The highest BCUT2D eigenvalue weighted by Crippen LogP contribution is 2.21. The molecule has 0 aliphatic carbocycles. The van der Waals surface area contributed by atoms with Crippen LogP contribution in [0.5, 0.6) is 0 Å². The van der Waals surface area contributed by atoms with Gasteiger partial charge in [-0.05, 0) is 68.3 Å². The van der Waals surface area contributed by atoms with Crippen molar-refractivity contribution >= 4 is 41.7 Å². The molecular weight excluding hydrogens is 339 g/mol. The summed E-state index contributed by atoms with van der Waals surface area (Å²) in [6.45, 7) is 2.97. The molecule has 3 nitrogen and oxygen atoms in total. The fourth-order valence-electron chi connectivity index (χ4n) is 2.40. The first-order chi connectivity index (χ1) is 10.2. The van der Waals surface area contributed by atoms with Crippen molar-refractivity contribution in [1.29, 1.82) is 0 Å². The van der Waals surface area contributed by atoms with E-state index in [1.807, 2.05) is 24.3 Å². The van der Waals surface area contributed by atoms with Gasteiger partial charge in [-0.1, -0.05) is 11.6 Å². The fraction of sp³-hybridized carbons (Fsp3) is 0.562.